The van der Waals surface area contributed by atoms with Gasteiger partial charge in [0.1, 0.15) is 11.6 Å². The summed E-state index contributed by atoms with van der Waals surface area (Å²) in [5, 5.41) is 0. The van der Waals surface area contributed by atoms with Gasteiger partial charge >= 0.3 is 0 Å². The van der Waals surface area contributed by atoms with E-state index >= 15 is 0 Å². The molecule has 3 fully saturated rings. The van der Waals surface area contributed by atoms with Gasteiger partial charge in [0.15, 0.2) is 0 Å². The number of nitrogens with zero attached hydrogens (tertiary/aromatic N) is 2. The van der Waals surface area contributed by atoms with Crippen molar-refractivity contribution in [1.29, 1.82) is 0 Å². The van der Waals surface area contributed by atoms with Gasteiger partial charge in [0, 0.05) is 50.8 Å². The molecule has 0 saturated carbocycles. The summed E-state index contributed by atoms with van der Waals surface area (Å²) in [5.74, 6) is 0.975. The van der Waals surface area contributed by atoms with Gasteiger partial charge < -0.3 is 9.64 Å². The van der Waals surface area contributed by atoms with E-state index in [0.717, 1.165) is 32.5 Å². The number of hydrogen-bond donors (Lipinski definition) is 0. The zero-order valence-electron chi connectivity index (χ0n) is 13.2. The highest BCUT2D eigenvalue weighted by Gasteiger charge is 2.35. The highest BCUT2D eigenvalue weighted by atomic mass is 19.1. The molecular weight excluding hydrogens is 283 g/mol. The first kappa shape index (κ1) is 15.3. The summed E-state index contributed by atoms with van der Waals surface area (Å²) >= 11 is 0. The van der Waals surface area contributed by atoms with E-state index in [2.05, 4.69) is 4.90 Å². The van der Waals surface area contributed by atoms with Crippen molar-refractivity contribution in [3.8, 4) is 5.75 Å². The van der Waals surface area contributed by atoms with E-state index in [0.29, 0.717) is 29.8 Å². The van der Waals surface area contributed by atoms with Crippen LogP contribution in [0.5, 0.6) is 5.75 Å². The Morgan fingerprint density at radius 1 is 1.32 bits per heavy atom. The first-order chi connectivity index (χ1) is 10.6. The third-order valence-electron chi connectivity index (χ3n) is 4.91. The van der Waals surface area contributed by atoms with Gasteiger partial charge in [-0.2, -0.15) is 0 Å². The molecule has 0 unspecified atom stereocenters. The van der Waals surface area contributed by atoms with E-state index in [9.17, 15) is 9.18 Å². The normalized spacial score (nSPS) is 25.1. The fraction of sp³-hybridized carbons (Fsp3) is 0.588. The molecule has 3 aliphatic heterocycles. The number of hydrogen-bond acceptors (Lipinski definition) is 3. The Balaban J connectivity index is 1.74. The molecule has 4 rings (SSSR count). The van der Waals surface area contributed by atoms with Crippen LogP contribution in [-0.4, -0.2) is 48.5 Å². The van der Waals surface area contributed by atoms with E-state index in [4.69, 9.17) is 4.74 Å². The van der Waals surface area contributed by atoms with Crippen molar-refractivity contribution in [2.45, 2.75) is 32.4 Å². The summed E-state index contributed by atoms with van der Waals surface area (Å²) in [7, 11) is 1.54. The van der Waals surface area contributed by atoms with E-state index < -0.39 is 0 Å². The highest BCUT2D eigenvalue weighted by Crippen LogP contribution is 2.30. The molecule has 4 nitrogen and oxygen atoms in total. The van der Waals surface area contributed by atoms with Crippen molar-refractivity contribution in [3.05, 3.63) is 29.6 Å². The van der Waals surface area contributed by atoms with Crippen molar-refractivity contribution in [1.82, 2.24) is 9.80 Å². The Labute approximate surface area is 130 Å². The molecule has 3 heterocycles. The summed E-state index contributed by atoms with van der Waals surface area (Å²) in [6.45, 7) is 4.79. The maximum Gasteiger partial charge on any atom is 0.219 e. The Hall–Kier alpha value is -1.62. The molecule has 2 bridgehead atoms. The van der Waals surface area contributed by atoms with Crippen LogP contribution in [0.3, 0.4) is 0 Å². The first-order valence-electron chi connectivity index (χ1n) is 7.89. The van der Waals surface area contributed by atoms with Crippen LogP contribution in [0.2, 0.25) is 0 Å². The number of amides is 1. The van der Waals surface area contributed by atoms with Gasteiger partial charge in [-0.3, -0.25) is 9.69 Å². The van der Waals surface area contributed by atoms with Crippen molar-refractivity contribution in [2.24, 2.45) is 5.92 Å². The lowest BCUT2D eigenvalue weighted by Gasteiger charge is -2.36. The molecule has 5 heteroatoms. The molecule has 0 spiro atoms. The third kappa shape index (κ3) is 3.09. The van der Waals surface area contributed by atoms with Gasteiger partial charge in [-0.05, 0) is 24.8 Å². The van der Waals surface area contributed by atoms with Gasteiger partial charge in [0.05, 0.1) is 7.11 Å². The lowest BCUT2D eigenvalue weighted by atomic mass is 9.94. The predicted molar refractivity (Wildman–Crippen MR) is 82.1 cm³/mol. The van der Waals surface area contributed by atoms with Crippen molar-refractivity contribution in [3.63, 3.8) is 0 Å². The van der Waals surface area contributed by atoms with Crippen molar-refractivity contribution < 1.29 is 13.9 Å². The number of carbonyl (C=O) groups is 1. The van der Waals surface area contributed by atoms with Crippen LogP contribution in [0.4, 0.5) is 4.39 Å². The maximum absolute atomic E-state index is 14.2. The topological polar surface area (TPSA) is 32.8 Å². The number of fused-ring (bicyclic) bond motifs is 4. The smallest absolute Gasteiger partial charge is 0.219 e. The Kier molecular flexibility index (Phi) is 4.34. The minimum absolute atomic E-state index is 0.148. The summed E-state index contributed by atoms with van der Waals surface area (Å²) in [6.07, 6.45) is 2.25. The number of rotatable bonds is 3. The third-order valence-corrected chi connectivity index (χ3v) is 4.91. The zero-order chi connectivity index (χ0) is 15.7. The fourth-order valence-electron chi connectivity index (χ4n) is 3.63. The molecular formula is C17H23FN2O2. The second kappa shape index (κ2) is 6.24. The van der Waals surface area contributed by atoms with Crippen LogP contribution in [0, 0.1) is 11.7 Å². The van der Waals surface area contributed by atoms with Crippen LogP contribution in [0.15, 0.2) is 18.2 Å². The van der Waals surface area contributed by atoms with Crippen LogP contribution in [0.25, 0.3) is 0 Å². The number of ether oxygens (including phenoxy) is 1. The number of benzene rings is 1. The second-order valence-electron chi connectivity index (χ2n) is 6.41. The summed E-state index contributed by atoms with van der Waals surface area (Å²) < 4.78 is 19.2. The minimum Gasteiger partial charge on any atom is -0.497 e. The number of halogens is 1. The SMILES string of the molecule is COc1ccc(CN2C[C@H]3CC[C@@H]2CN(C(C)=O)C3)c(F)c1. The van der Waals surface area contributed by atoms with Crippen LogP contribution < -0.4 is 4.74 Å². The standard InChI is InChI=1S/C17H23FN2O2/c1-12(21)19-8-13-3-5-15(11-19)20(9-13)10-14-4-6-16(22-2)7-17(14)18/h4,6-7,13,15H,3,5,8-11H2,1-2H3/t13-,15+/m0/s1. The lowest BCUT2D eigenvalue weighted by molar-refractivity contribution is -0.129. The van der Waals surface area contributed by atoms with E-state index in [-0.39, 0.29) is 11.7 Å². The molecule has 0 radical (unpaired) electrons. The molecule has 0 N–H and O–H groups in total. The average molecular weight is 306 g/mol. The van der Waals surface area contributed by atoms with Crippen molar-refractivity contribution in [2.75, 3.05) is 26.7 Å². The van der Waals surface area contributed by atoms with Gasteiger partial charge in [-0.25, -0.2) is 4.39 Å². The molecule has 1 aromatic carbocycles. The molecule has 3 saturated heterocycles. The lowest BCUT2D eigenvalue weighted by Crippen LogP contribution is -2.43. The summed E-state index contributed by atoms with van der Waals surface area (Å²) in [4.78, 5) is 16.0. The first-order valence-corrected chi connectivity index (χ1v) is 7.89. The summed E-state index contributed by atoms with van der Waals surface area (Å²) in [5.41, 5.74) is 0.697. The maximum atomic E-state index is 14.2. The molecule has 1 amide bonds. The van der Waals surface area contributed by atoms with E-state index in [1.807, 2.05) is 4.90 Å². The highest BCUT2D eigenvalue weighted by molar-refractivity contribution is 5.73. The molecule has 22 heavy (non-hydrogen) atoms. The minimum atomic E-state index is -0.220. The van der Waals surface area contributed by atoms with Gasteiger partial charge in [-0.1, -0.05) is 6.07 Å². The molecule has 1 aromatic rings. The predicted octanol–water partition coefficient (Wildman–Crippen LogP) is 2.28. The summed E-state index contributed by atoms with van der Waals surface area (Å²) in [6, 6.07) is 5.38. The van der Waals surface area contributed by atoms with Gasteiger partial charge in [-0.15, -0.1) is 0 Å². The van der Waals surface area contributed by atoms with E-state index in [1.165, 1.54) is 6.07 Å². The van der Waals surface area contributed by atoms with Crippen LogP contribution >= 0.6 is 0 Å². The number of methoxy groups -OCH3 is 1. The van der Waals surface area contributed by atoms with Crippen molar-refractivity contribution >= 4 is 5.91 Å². The zero-order valence-corrected chi connectivity index (χ0v) is 13.2. The number of piperidine rings is 1. The molecule has 2 atom stereocenters. The van der Waals surface area contributed by atoms with Gasteiger partial charge in [0.2, 0.25) is 5.91 Å². The second-order valence-corrected chi connectivity index (χ2v) is 6.41. The Morgan fingerprint density at radius 3 is 2.82 bits per heavy atom. The molecule has 0 aliphatic carbocycles. The Morgan fingerprint density at radius 2 is 2.14 bits per heavy atom. The monoisotopic (exact) mass is 306 g/mol. The molecule has 3 aliphatic rings. The van der Waals surface area contributed by atoms with E-state index in [1.54, 1.807) is 26.2 Å². The number of carbonyl (C=O) groups excluding carboxylic acids is 1. The molecule has 120 valence electrons. The largest absolute Gasteiger partial charge is 0.497 e. The molecule has 0 aromatic heterocycles. The van der Waals surface area contributed by atoms with Crippen LogP contribution in [-0.2, 0) is 11.3 Å². The van der Waals surface area contributed by atoms with Gasteiger partial charge in [0.25, 0.3) is 0 Å². The quantitative estimate of drug-likeness (QED) is 0.859. The average Bonchev–Trinajstić information content (AvgIpc) is 2.81. The fourth-order valence-corrected chi connectivity index (χ4v) is 3.63. The van der Waals surface area contributed by atoms with Crippen LogP contribution in [0.1, 0.15) is 25.3 Å². The Bertz CT molecular complexity index is 564.